The van der Waals surface area contributed by atoms with Crippen molar-refractivity contribution < 1.29 is 13.9 Å². The van der Waals surface area contributed by atoms with Crippen LogP contribution in [-0.4, -0.2) is 13.4 Å². The number of benzene rings is 2. The van der Waals surface area contributed by atoms with E-state index in [-0.39, 0.29) is 5.82 Å². The summed E-state index contributed by atoms with van der Waals surface area (Å²) in [5.41, 5.74) is 3.64. The predicted molar refractivity (Wildman–Crippen MR) is 75.8 cm³/mol. The van der Waals surface area contributed by atoms with Crippen LogP contribution in [0.2, 0.25) is 0 Å². The largest absolute Gasteiger partial charge is 0.496 e. The fourth-order valence-electron chi connectivity index (χ4n) is 2.53. The average molecular weight is 270 g/mol. The van der Waals surface area contributed by atoms with Gasteiger partial charge in [0.2, 0.25) is 0 Å². The molecule has 0 heterocycles. The Labute approximate surface area is 117 Å². The quantitative estimate of drug-likeness (QED) is 0.779. The summed E-state index contributed by atoms with van der Waals surface area (Å²) in [6.45, 7) is 0. The Morgan fingerprint density at radius 2 is 1.90 bits per heavy atom. The van der Waals surface area contributed by atoms with Crippen molar-refractivity contribution in [3.8, 4) is 16.9 Å². The molecule has 0 N–H and O–H groups in total. The lowest BCUT2D eigenvalue weighted by Gasteiger charge is -2.15. The molecular weight excluding hydrogens is 255 g/mol. The number of carbonyl (C=O) groups excluding carboxylic acids is 1. The number of hydrogen-bond donors (Lipinski definition) is 0. The van der Waals surface area contributed by atoms with Crippen LogP contribution in [0.4, 0.5) is 4.39 Å². The molecule has 3 rings (SSSR count). The SMILES string of the molecule is COc1cc(C=O)cc(C2CC2)c1-c1ccc(F)cc1. The molecule has 0 atom stereocenters. The molecule has 0 radical (unpaired) electrons. The van der Waals surface area contributed by atoms with Gasteiger partial charge in [-0.15, -0.1) is 0 Å². The van der Waals surface area contributed by atoms with Crippen LogP contribution in [0.3, 0.4) is 0 Å². The fraction of sp³-hybridized carbons (Fsp3) is 0.235. The Balaban J connectivity index is 2.21. The lowest BCUT2D eigenvalue weighted by Crippen LogP contribution is -1.96. The third-order valence-corrected chi connectivity index (χ3v) is 3.66. The highest BCUT2D eigenvalue weighted by molar-refractivity contribution is 5.83. The first kappa shape index (κ1) is 12.9. The van der Waals surface area contributed by atoms with Crippen molar-refractivity contribution in [1.29, 1.82) is 0 Å². The smallest absolute Gasteiger partial charge is 0.150 e. The van der Waals surface area contributed by atoms with Gasteiger partial charge in [0.25, 0.3) is 0 Å². The van der Waals surface area contributed by atoms with Gasteiger partial charge in [-0.2, -0.15) is 0 Å². The van der Waals surface area contributed by atoms with Crippen LogP contribution >= 0.6 is 0 Å². The molecular formula is C17H15FO2. The van der Waals surface area contributed by atoms with Crippen molar-refractivity contribution in [3.63, 3.8) is 0 Å². The zero-order valence-corrected chi connectivity index (χ0v) is 11.2. The normalized spacial score (nSPS) is 14.1. The predicted octanol–water partition coefficient (Wildman–Crippen LogP) is 4.19. The number of halogens is 1. The minimum Gasteiger partial charge on any atom is -0.496 e. The van der Waals surface area contributed by atoms with E-state index < -0.39 is 0 Å². The van der Waals surface area contributed by atoms with Crippen molar-refractivity contribution in [1.82, 2.24) is 0 Å². The highest BCUT2D eigenvalue weighted by atomic mass is 19.1. The summed E-state index contributed by atoms with van der Waals surface area (Å²) < 4.78 is 18.5. The standard InChI is InChI=1S/C17H15FO2/c1-20-16-9-11(10-19)8-15(12-2-3-12)17(16)13-4-6-14(18)7-5-13/h4-10,12H,2-3H2,1H3. The minimum atomic E-state index is -0.259. The summed E-state index contributed by atoms with van der Waals surface area (Å²) >= 11 is 0. The van der Waals surface area contributed by atoms with Crippen molar-refractivity contribution in [2.75, 3.05) is 7.11 Å². The second kappa shape index (κ2) is 5.08. The van der Waals surface area contributed by atoms with Gasteiger partial charge in [0.05, 0.1) is 7.11 Å². The monoisotopic (exact) mass is 270 g/mol. The second-order valence-corrected chi connectivity index (χ2v) is 5.09. The first-order valence-corrected chi connectivity index (χ1v) is 6.66. The van der Waals surface area contributed by atoms with E-state index in [0.29, 0.717) is 17.2 Å². The molecule has 1 aliphatic carbocycles. The first-order chi connectivity index (χ1) is 9.72. The van der Waals surface area contributed by atoms with E-state index in [1.54, 1.807) is 25.3 Å². The van der Waals surface area contributed by atoms with E-state index in [0.717, 1.165) is 35.8 Å². The zero-order valence-electron chi connectivity index (χ0n) is 11.2. The van der Waals surface area contributed by atoms with Crippen LogP contribution in [0, 0.1) is 5.82 Å². The van der Waals surface area contributed by atoms with E-state index in [4.69, 9.17) is 4.74 Å². The van der Waals surface area contributed by atoms with Gasteiger partial charge in [-0.25, -0.2) is 4.39 Å². The van der Waals surface area contributed by atoms with E-state index in [1.807, 2.05) is 6.07 Å². The van der Waals surface area contributed by atoms with E-state index in [9.17, 15) is 9.18 Å². The summed E-state index contributed by atoms with van der Waals surface area (Å²) in [5, 5.41) is 0. The van der Waals surface area contributed by atoms with Crippen LogP contribution < -0.4 is 4.74 Å². The molecule has 0 aliphatic heterocycles. The number of rotatable bonds is 4. The summed E-state index contributed by atoms with van der Waals surface area (Å²) in [5.74, 6) is 0.886. The molecule has 2 aromatic carbocycles. The maximum absolute atomic E-state index is 13.1. The Kier molecular flexibility index (Phi) is 3.26. The van der Waals surface area contributed by atoms with Gasteiger partial charge in [-0.1, -0.05) is 12.1 Å². The minimum absolute atomic E-state index is 0.259. The molecule has 1 fully saturated rings. The lowest BCUT2D eigenvalue weighted by molar-refractivity contribution is 0.112. The van der Waals surface area contributed by atoms with Crippen molar-refractivity contribution in [3.05, 3.63) is 53.3 Å². The summed E-state index contributed by atoms with van der Waals surface area (Å²) in [7, 11) is 1.59. The molecule has 3 heteroatoms. The molecule has 2 aromatic rings. The Morgan fingerprint density at radius 3 is 2.45 bits per heavy atom. The zero-order chi connectivity index (χ0) is 14.1. The summed E-state index contributed by atoms with van der Waals surface area (Å²) in [6, 6.07) is 10.0. The van der Waals surface area contributed by atoms with Gasteiger partial charge in [0.1, 0.15) is 17.9 Å². The molecule has 1 saturated carbocycles. The molecule has 102 valence electrons. The molecule has 0 saturated heterocycles. The summed E-state index contributed by atoms with van der Waals surface area (Å²) in [4.78, 5) is 11.1. The highest BCUT2D eigenvalue weighted by Crippen LogP contribution is 2.47. The molecule has 20 heavy (non-hydrogen) atoms. The molecule has 0 unspecified atom stereocenters. The molecule has 2 nitrogen and oxygen atoms in total. The number of carbonyl (C=O) groups is 1. The van der Waals surface area contributed by atoms with Crippen molar-refractivity contribution in [2.45, 2.75) is 18.8 Å². The highest BCUT2D eigenvalue weighted by Gasteiger charge is 2.28. The fourth-order valence-corrected chi connectivity index (χ4v) is 2.53. The van der Waals surface area contributed by atoms with Crippen molar-refractivity contribution in [2.24, 2.45) is 0 Å². The number of ether oxygens (including phenoxy) is 1. The van der Waals surface area contributed by atoms with Crippen LogP contribution in [0.15, 0.2) is 36.4 Å². The van der Waals surface area contributed by atoms with Crippen LogP contribution in [0.5, 0.6) is 5.75 Å². The van der Waals surface area contributed by atoms with Gasteiger partial charge < -0.3 is 4.74 Å². The van der Waals surface area contributed by atoms with E-state index in [1.165, 1.54) is 12.1 Å². The van der Waals surface area contributed by atoms with Gasteiger partial charge in [0, 0.05) is 11.1 Å². The van der Waals surface area contributed by atoms with Crippen LogP contribution in [0.1, 0.15) is 34.7 Å². The van der Waals surface area contributed by atoms with Crippen LogP contribution in [-0.2, 0) is 0 Å². The number of hydrogen-bond acceptors (Lipinski definition) is 2. The third kappa shape index (κ3) is 2.31. The van der Waals surface area contributed by atoms with Gasteiger partial charge in [-0.3, -0.25) is 4.79 Å². The average Bonchev–Trinajstić information content (AvgIpc) is 3.31. The Hall–Kier alpha value is -2.16. The van der Waals surface area contributed by atoms with Gasteiger partial charge >= 0.3 is 0 Å². The third-order valence-electron chi connectivity index (χ3n) is 3.66. The van der Waals surface area contributed by atoms with E-state index in [2.05, 4.69) is 0 Å². The molecule has 1 aliphatic rings. The second-order valence-electron chi connectivity index (χ2n) is 5.09. The Bertz CT molecular complexity index is 643. The topological polar surface area (TPSA) is 26.3 Å². The van der Waals surface area contributed by atoms with Gasteiger partial charge in [-0.05, 0) is 54.2 Å². The number of methoxy groups -OCH3 is 1. The lowest BCUT2D eigenvalue weighted by atomic mass is 9.93. The molecule has 0 bridgehead atoms. The van der Waals surface area contributed by atoms with Crippen LogP contribution in [0.25, 0.3) is 11.1 Å². The van der Waals surface area contributed by atoms with Crippen molar-refractivity contribution >= 4 is 6.29 Å². The Morgan fingerprint density at radius 1 is 1.20 bits per heavy atom. The maximum Gasteiger partial charge on any atom is 0.150 e. The summed E-state index contributed by atoms with van der Waals surface area (Å²) in [6.07, 6.45) is 3.09. The first-order valence-electron chi connectivity index (χ1n) is 6.66. The van der Waals surface area contributed by atoms with E-state index >= 15 is 0 Å². The van der Waals surface area contributed by atoms with Gasteiger partial charge in [0.15, 0.2) is 0 Å². The molecule has 0 amide bonds. The molecule has 0 aromatic heterocycles. The maximum atomic E-state index is 13.1. The number of aldehydes is 1. The molecule has 0 spiro atoms.